The predicted molar refractivity (Wildman–Crippen MR) is 78.2 cm³/mol. The summed E-state index contributed by atoms with van der Waals surface area (Å²) in [6, 6.07) is 7.77. The zero-order valence-electron chi connectivity index (χ0n) is 11.4. The number of aromatic amines is 1. The lowest BCUT2D eigenvalue weighted by Crippen LogP contribution is -2.35. The third kappa shape index (κ3) is 2.44. The monoisotopic (exact) mass is 270 g/mol. The van der Waals surface area contributed by atoms with Gasteiger partial charge in [0.05, 0.1) is 23.6 Å². The van der Waals surface area contributed by atoms with E-state index in [1.54, 1.807) is 12.5 Å². The summed E-state index contributed by atoms with van der Waals surface area (Å²) >= 11 is 0. The first-order valence-electron chi connectivity index (χ1n) is 6.78. The molecule has 104 valence electrons. The summed E-state index contributed by atoms with van der Waals surface area (Å²) in [4.78, 5) is 19.3. The van der Waals surface area contributed by atoms with Crippen molar-refractivity contribution >= 4 is 11.6 Å². The first-order valence-corrected chi connectivity index (χ1v) is 6.78. The van der Waals surface area contributed by atoms with E-state index in [1.165, 1.54) is 0 Å². The average Bonchev–Trinajstić information content (AvgIpc) is 3.11. The molecule has 1 aromatic heterocycles. The molecule has 0 spiro atoms. The number of nitrogens with one attached hydrogen (secondary N) is 3. The Morgan fingerprint density at radius 3 is 2.75 bits per heavy atom. The molecule has 0 aliphatic carbocycles. The van der Waals surface area contributed by atoms with E-state index in [4.69, 9.17) is 0 Å². The number of hydrogen-bond acceptors (Lipinski definition) is 3. The molecule has 1 amide bonds. The lowest BCUT2D eigenvalue weighted by molar-refractivity contribution is -0.123. The molecule has 1 atom stereocenters. The molecule has 0 bridgehead atoms. The molecule has 0 saturated carbocycles. The molecule has 3 rings (SSSR count). The van der Waals surface area contributed by atoms with Crippen LogP contribution in [-0.4, -0.2) is 29.0 Å². The van der Waals surface area contributed by atoms with E-state index in [1.807, 2.05) is 31.2 Å². The molecular formula is C15H18N4O. The Kier molecular flexibility index (Phi) is 3.28. The highest BCUT2D eigenvalue weighted by Gasteiger charge is 2.36. The van der Waals surface area contributed by atoms with E-state index in [2.05, 4.69) is 20.6 Å². The van der Waals surface area contributed by atoms with Gasteiger partial charge < -0.3 is 15.6 Å². The van der Waals surface area contributed by atoms with Gasteiger partial charge in [-0.1, -0.05) is 12.1 Å². The topological polar surface area (TPSA) is 69.8 Å². The molecule has 1 fully saturated rings. The van der Waals surface area contributed by atoms with Crippen molar-refractivity contribution < 1.29 is 4.79 Å². The molecule has 1 aromatic carbocycles. The molecule has 5 heteroatoms. The fourth-order valence-corrected chi connectivity index (χ4v) is 2.44. The van der Waals surface area contributed by atoms with Gasteiger partial charge >= 0.3 is 0 Å². The predicted octanol–water partition coefficient (Wildman–Crippen LogP) is 2.01. The summed E-state index contributed by atoms with van der Waals surface area (Å²) in [6.07, 6.45) is 4.31. The van der Waals surface area contributed by atoms with Crippen molar-refractivity contribution in [2.24, 2.45) is 5.41 Å². The van der Waals surface area contributed by atoms with Gasteiger partial charge in [-0.3, -0.25) is 4.79 Å². The van der Waals surface area contributed by atoms with Crippen LogP contribution in [0.1, 0.15) is 13.3 Å². The number of nitrogens with zero attached hydrogens (tertiary/aromatic N) is 1. The Morgan fingerprint density at radius 2 is 2.15 bits per heavy atom. The number of H-pyrrole nitrogens is 1. The molecule has 1 unspecified atom stereocenters. The van der Waals surface area contributed by atoms with Gasteiger partial charge in [-0.2, -0.15) is 0 Å². The van der Waals surface area contributed by atoms with Crippen molar-refractivity contribution in [3.63, 3.8) is 0 Å². The third-order valence-electron chi connectivity index (χ3n) is 3.87. The standard InChI is InChI=1S/C15H18N4O/c1-15(6-7-16-9-15)14(20)19-12-4-2-11(3-5-12)13-8-17-10-18-13/h2-5,8,10,16H,6-7,9H2,1H3,(H,17,18)(H,19,20). The molecule has 1 aliphatic rings. The quantitative estimate of drug-likeness (QED) is 0.799. The number of carbonyl (C=O) groups excluding carboxylic acids is 1. The minimum Gasteiger partial charge on any atom is -0.345 e. The molecule has 2 heterocycles. The van der Waals surface area contributed by atoms with Gasteiger partial charge in [0.2, 0.25) is 5.91 Å². The Morgan fingerprint density at radius 1 is 1.35 bits per heavy atom. The summed E-state index contributed by atoms with van der Waals surface area (Å²) in [5.41, 5.74) is 2.54. The minimum atomic E-state index is -0.304. The SMILES string of the molecule is CC1(C(=O)Nc2ccc(-c3cnc[nH]3)cc2)CCNC1. The fraction of sp³-hybridized carbons (Fsp3) is 0.333. The number of carbonyl (C=O) groups is 1. The highest BCUT2D eigenvalue weighted by atomic mass is 16.2. The number of rotatable bonds is 3. The molecule has 1 aliphatic heterocycles. The summed E-state index contributed by atoms with van der Waals surface area (Å²) in [7, 11) is 0. The van der Waals surface area contributed by atoms with Crippen LogP contribution in [0.15, 0.2) is 36.8 Å². The summed E-state index contributed by atoms with van der Waals surface area (Å²) < 4.78 is 0. The first-order chi connectivity index (χ1) is 9.67. The summed E-state index contributed by atoms with van der Waals surface area (Å²) in [5, 5.41) is 6.23. The smallest absolute Gasteiger partial charge is 0.231 e. The van der Waals surface area contributed by atoms with Crippen LogP contribution in [0.2, 0.25) is 0 Å². The van der Waals surface area contributed by atoms with Crippen LogP contribution in [0.25, 0.3) is 11.3 Å². The van der Waals surface area contributed by atoms with Gasteiger partial charge in [-0.05, 0) is 37.6 Å². The van der Waals surface area contributed by atoms with Crippen molar-refractivity contribution in [3.05, 3.63) is 36.8 Å². The minimum absolute atomic E-state index is 0.0804. The molecule has 3 N–H and O–H groups in total. The van der Waals surface area contributed by atoms with Crippen LogP contribution < -0.4 is 10.6 Å². The average molecular weight is 270 g/mol. The van der Waals surface area contributed by atoms with Gasteiger partial charge in [0.1, 0.15) is 0 Å². The second kappa shape index (κ2) is 5.09. The Hall–Kier alpha value is -2.14. The maximum absolute atomic E-state index is 12.3. The molecular weight excluding hydrogens is 252 g/mol. The largest absolute Gasteiger partial charge is 0.345 e. The van der Waals surface area contributed by atoms with Crippen molar-refractivity contribution in [1.29, 1.82) is 0 Å². The summed E-state index contributed by atoms with van der Waals surface area (Å²) in [6.45, 7) is 3.65. The van der Waals surface area contributed by atoms with Crippen LogP contribution >= 0.6 is 0 Å². The van der Waals surface area contributed by atoms with Crippen LogP contribution in [0.4, 0.5) is 5.69 Å². The van der Waals surface area contributed by atoms with Gasteiger partial charge in [-0.25, -0.2) is 4.98 Å². The molecule has 5 nitrogen and oxygen atoms in total. The molecule has 20 heavy (non-hydrogen) atoms. The van der Waals surface area contributed by atoms with Crippen LogP contribution in [-0.2, 0) is 4.79 Å². The number of aromatic nitrogens is 2. The number of amides is 1. The second-order valence-electron chi connectivity index (χ2n) is 5.48. The lowest BCUT2D eigenvalue weighted by Gasteiger charge is -2.21. The third-order valence-corrected chi connectivity index (χ3v) is 3.87. The number of hydrogen-bond donors (Lipinski definition) is 3. The van der Waals surface area contributed by atoms with Crippen LogP contribution in [0.3, 0.4) is 0 Å². The zero-order valence-corrected chi connectivity index (χ0v) is 11.4. The van der Waals surface area contributed by atoms with E-state index in [9.17, 15) is 4.79 Å². The Balaban J connectivity index is 1.71. The van der Waals surface area contributed by atoms with Gasteiger partial charge in [0.25, 0.3) is 0 Å². The van der Waals surface area contributed by atoms with E-state index < -0.39 is 0 Å². The van der Waals surface area contributed by atoms with Crippen molar-refractivity contribution in [2.45, 2.75) is 13.3 Å². The molecule has 2 aromatic rings. The molecule has 1 saturated heterocycles. The number of benzene rings is 1. The van der Waals surface area contributed by atoms with Gasteiger partial charge in [-0.15, -0.1) is 0 Å². The maximum atomic E-state index is 12.3. The lowest BCUT2D eigenvalue weighted by atomic mass is 9.88. The zero-order chi connectivity index (χ0) is 14.0. The summed E-state index contributed by atoms with van der Waals surface area (Å²) in [5.74, 6) is 0.0804. The van der Waals surface area contributed by atoms with Crippen molar-refractivity contribution in [3.8, 4) is 11.3 Å². The van der Waals surface area contributed by atoms with Crippen molar-refractivity contribution in [1.82, 2.24) is 15.3 Å². The number of imidazole rings is 1. The van der Waals surface area contributed by atoms with E-state index >= 15 is 0 Å². The fourth-order valence-electron chi connectivity index (χ4n) is 2.44. The highest BCUT2D eigenvalue weighted by molar-refractivity contribution is 5.95. The van der Waals surface area contributed by atoms with E-state index in [0.717, 1.165) is 36.5 Å². The number of anilines is 1. The van der Waals surface area contributed by atoms with E-state index in [0.29, 0.717) is 0 Å². The second-order valence-corrected chi connectivity index (χ2v) is 5.48. The van der Waals surface area contributed by atoms with Crippen LogP contribution in [0, 0.1) is 5.41 Å². The van der Waals surface area contributed by atoms with Gasteiger partial charge in [0, 0.05) is 12.2 Å². The first kappa shape index (κ1) is 12.9. The maximum Gasteiger partial charge on any atom is 0.231 e. The Bertz CT molecular complexity index is 583. The van der Waals surface area contributed by atoms with Crippen LogP contribution in [0.5, 0.6) is 0 Å². The highest BCUT2D eigenvalue weighted by Crippen LogP contribution is 2.27. The van der Waals surface area contributed by atoms with Gasteiger partial charge in [0.15, 0.2) is 0 Å². The normalized spacial score (nSPS) is 21.9. The van der Waals surface area contributed by atoms with Crippen molar-refractivity contribution in [2.75, 3.05) is 18.4 Å². The van der Waals surface area contributed by atoms with E-state index in [-0.39, 0.29) is 11.3 Å². The molecule has 0 radical (unpaired) electrons. The Labute approximate surface area is 117 Å².